The number of aromatic nitrogens is 4. The Bertz CT molecular complexity index is 2630. The number of nitrogens with zero attached hydrogens (tertiary/aromatic N) is 7. The van der Waals surface area contributed by atoms with E-state index in [-0.39, 0.29) is 44.5 Å². The number of β-amino-alcohol motifs (C(OH)–C–C–N with tert-alkyl or cyclic N) is 1. The van der Waals surface area contributed by atoms with E-state index < -0.39 is 35.4 Å². The molecule has 2 saturated heterocycles. The van der Waals surface area contributed by atoms with Crippen molar-refractivity contribution < 1.29 is 33.8 Å². The third kappa shape index (κ3) is 15.7. The highest BCUT2D eigenvalue weighted by atomic mass is 35.5. The lowest BCUT2D eigenvalue weighted by molar-refractivity contribution is -0.144. The van der Waals surface area contributed by atoms with Crippen molar-refractivity contribution in [2.75, 3.05) is 81.2 Å². The van der Waals surface area contributed by atoms with Gasteiger partial charge < -0.3 is 45.6 Å². The Morgan fingerprint density at radius 1 is 0.918 bits per heavy atom. The van der Waals surface area contributed by atoms with Crippen molar-refractivity contribution >= 4 is 80.4 Å². The highest BCUT2D eigenvalue weighted by Crippen LogP contribution is 2.31. The minimum Gasteiger partial charge on any atom is -0.391 e. The molecule has 5 heterocycles. The predicted octanol–water partition coefficient (Wildman–Crippen LogP) is 7.16. The molecule has 7 rings (SSSR count). The van der Waals surface area contributed by atoms with Crippen molar-refractivity contribution in [3.8, 4) is 10.4 Å². The van der Waals surface area contributed by atoms with Gasteiger partial charge in [0.2, 0.25) is 17.7 Å². The number of benzene rings is 2. The standard InChI is InChI=1S/C52H68ClN11O7S2/c1-33-12-11-13-39(53)45(33)61-49(68)41-29-55-51(73-41)59-42-27-43(58-35(3)57-42)63-21-19-62(20-22-63)18-9-7-8-10-23-70-24-25-71-31-44(66)60-47(52(4,5)6)50(69)64-30-38(65)26-40(64)48(67)54-28-36-14-16-37(17-15-36)46-34(2)56-32-72-46/h11-17,27,29,32,38,40,47,65H,7-10,18-26,28,30-31H2,1-6H3,(H,54,67)(H,60,66)(H,61,68)(H,55,57,58,59)/t38-,40+,47?/m1/s1. The molecule has 2 aromatic carbocycles. The van der Waals surface area contributed by atoms with Crippen LogP contribution >= 0.6 is 34.3 Å². The molecule has 3 atom stereocenters. The molecule has 0 bridgehead atoms. The van der Waals surface area contributed by atoms with Crippen LogP contribution in [0.25, 0.3) is 10.4 Å². The van der Waals surface area contributed by atoms with E-state index in [9.17, 15) is 24.3 Å². The minimum atomic E-state index is -0.945. The molecule has 4 amide bonds. The quantitative estimate of drug-likeness (QED) is 0.0411. The molecular weight excluding hydrogens is 990 g/mol. The second-order valence-electron chi connectivity index (χ2n) is 19.6. The van der Waals surface area contributed by atoms with E-state index in [4.69, 9.17) is 26.1 Å². The third-order valence-corrected chi connectivity index (χ3v) is 15.0. The van der Waals surface area contributed by atoms with Crippen molar-refractivity contribution in [1.29, 1.82) is 0 Å². The average molecular weight is 1060 g/mol. The van der Waals surface area contributed by atoms with Gasteiger partial charge in [-0.25, -0.2) is 19.9 Å². The fraction of sp³-hybridized carbons (Fsp3) is 0.500. The van der Waals surface area contributed by atoms with E-state index in [0.717, 1.165) is 91.5 Å². The Hall–Kier alpha value is -5.61. The molecular formula is C52H68ClN11O7S2. The smallest absolute Gasteiger partial charge is 0.267 e. The van der Waals surface area contributed by atoms with Gasteiger partial charge in [0.25, 0.3) is 5.91 Å². The zero-order valence-corrected chi connectivity index (χ0v) is 44.9. The fourth-order valence-corrected chi connectivity index (χ4v) is 10.6. The molecule has 0 radical (unpaired) electrons. The van der Waals surface area contributed by atoms with Crippen LogP contribution in [-0.2, 0) is 30.4 Å². The van der Waals surface area contributed by atoms with Gasteiger partial charge in [0, 0.05) is 58.4 Å². The Morgan fingerprint density at radius 3 is 2.40 bits per heavy atom. The lowest BCUT2D eigenvalue weighted by Crippen LogP contribution is -2.58. The summed E-state index contributed by atoms with van der Waals surface area (Å²) in [5.74, 6) is 0.588. The summed E-state index contributed by atoms with van der Waals surface area (Å²) < 4.78 is 11.4. The molecule has 18 nitrogen and oxygen atoms in total. The second-order valence-corrected chi connectivity index (χ2v) is 21.8. The Balaban J connectivity index is 0.735. The number of nitrogens with one attached hydrogen (secondary N) is 4. The van der Waals surface area contributed by atoms with E-state index in [2.05, 4.69) is 46.0 Å². The number of hydrogen-bond acceptors (Lipinski definition) is 16. The van der Waals surface area contributed by atoms with Crippen LogP contribution in [-0.4, -0.2) is 142 Å². The highest BCUT2D eigenvalue weighted by Gasteiger charge is 2.44. The average Bonchev–Trinajstić information content (AvgIpc) is 4.12. The van der Waals surface area contributed by atoms with Crippen LogP contribution in [0.4, 0.5) is 22.5 Å². The summed E-state index contributed by atoms with van der Waals surface area (Å²) in [6.45, 7) is 17.1. The van der Waals surface area contributed by atoms with Gasteiger partial charge in [0.05, 0.1) is 52.3 Å². The summed E-state index contributed by atoms with van der Waals surface area (Å²) >= 11 is 9.12. The third-order valence-electron chi connectivity index (χ3n) is 12.8. The van der Waals surface area contributed by atoms with Crippen molar-refractivity contribution in [2.24, 2.45) is 5.41 Å². The summed E-state index contributed by atoms with van der Waals surface area (Å²) in [5.41, 5.74) is 5.51. The number of ether oxygens (including phenoxy) is 2. The maximum atomic E-state index is 14.0. The van der Waals surface area contributed by atoms with Gasteiger partial charge >= 0.3 is 0 Å². The van der Waals surface area contributed by atoms with E-state index in [1.165, 1.54) is 22.4 Å². The maximum absolute atomic E-state index is 14.0. The number of aliphatic hydroxyl groups excluding tert-OH is 1. The molecule has 1 unspecified atom stereocenters. The fourth-order valence-electron chi connectivity index (χ4n) is 8.75. The van der Waals surface area contributed by atoms with Gasteiger partial charge in [-0.1, -0.05) is 92.9 Å². The lowest BCUT2D eigenvalue weighted by atomic mass is 9.85. The molecule has 2 aliphatic rings. The lowest BCUT2D eigenvalue weighted by Gasteiger charge is -2.35. The number of hydrogen-bond donors (Lipinski definition) is 5. The minimum absolute atomic E-state index is 0.00400. The normalized spacial score (nSPS) is 16.6. The molecule has 392 valence electrons. The summed E-state index contributed by atoms with van der Waals surface area (Å²) in [6, 6.07) is 13.5. The van der Waals surface area contributed by atoms with Crippen LogP contribution in [0.15, 0.2) is 60.2 Å². The number of para-hydroxylation sites is 1. The van der Waals surface area contributed by atoms with Crippen LogP contribution in [0, 0.1) is 26.2 Å². The molecule has 5 aromatic rings. The topological polar surface area (TPSA) is 216 Å². The maximum Gasteiger partial charge on any atom is 0.267 e. The number of likely N-dealkylation sites (tertiary alicyclic amines) is 1. The molecule has 0 aliphatic carbocycles. The second kappa shape index (κ2) is 26.0. The van der Waals surface area contributed by atoms with Crippen LogP contribution in [0.5, 0.6) is 0 Å². The number of rotatable bonds is 23. The number of carbonyl (C=O) groups is 4. The molecule has 0 saturated carbocycles. The molecule has 3 aromatic heterocycles. The number of thiazole rings is 2. The van der Waals surface area contributed by atoms with Gasteiger partial charge in [0.15, 0.2) is 5.13 Å². The number of amides is 4. The van der Waals surface area contributed by atoms with Crippen LogP contribution < -0.4 is 26.2 Å². The van der Waals surface area contributed by atoms with Gasteiger partial charge in [-0.3, -0.25) is 24.1 Å². The van der Waals surface area contributed by atoms with Crippen LogP contribution in [0.1, 0.15) is 85.2 Å². The van der Waals surface area contributed by atoms with E-state index >= 15 is 0 Å². The zero-order valence-electron chi connectivity index (χ0n) is 42.5. The van der Waals surface area contributed by atoms with Crippen molar-refractivity contribution in [3.63, 3.8) is 0 Å². The van der Waals surface area contributed by atoms with Gasteiger partial charge in [-0.15, -0.1) is 11.3 Å². The summed E-state index contributed by atoms with van der Waals surface area (Å²) in [6.07, 6.45) is 4.95. The van der Waals surface area contributed by atoms with Crippen molar-refractivity contribution in [3.05, 3.63) is 92.8 Å². The first-order chi connectivity index (χ1) is 35.0. The van der Waals surface area contributed by atoms with E-state index in [1.54, 1.807) is 17.4 Å². The summed E-state index contributed by atoms with van der Waals surface area (Å²) in [4.78, 5) is 79.1. The molecule has 0 spiro atoms. The number of halogens is 1. The van der Waals surface area contributed by atoms with Crippen LogP contribution in [0.2, 0.25) is 5.02 Å². The number of unbranched alkanes of at least 4 members (excludes halogenated alkanes) is 3. The molecule has 21 heteroatoms. The number of anilines is 4. The van der Waals surface area contributed by atoms with Crippen LogP contribution in [0.3, 0.4) is 0 Å². The van der Waals surface area contributed by atoms with E-state index in [0.29, 0.717) is 45.6 Å². The van der Waals surface area contributed by atoms with Crippen molar-refractivity contribution in [2.45, 2.75) is 98.4 Å². The zero-order chi connectivity index (χ0) is 52.1. The van der Waals surface area contributed by atoms with Gasteiger partial charge in [0.1, 0.15) is 41.0 Å². The summed E-state index contributed by atoms with van der Waals surface area (Å²) in [7, 11) is 0. The Morgan fingerprint density at radius 2 is 1.67 bits per heavy atom. The first-order valence-electron chi connectivity index (χ1n) is 24.8. The van der Waals surface area contributed by atoms with E-state index in [1.807, 2.05) is 89.5 Å². The number of aryl methyl sites for hydroxylation is 3. The monoisotopic (exact) mass is 1060 g/mol. The number of aliphatic hydroxyl groups is 1. The molecule has 2 fully saturated rings. The van der Waals surface area contributed by atoms with Gasteiger partial charge in [-0.2, -0.15) is 0 Å². The number of piperazine rings is 1. The molecule has 2 aliphatic heterocycles. The largest absolute Gasteiger partial charge is 0.391 e. The van der Waals surface area contributed by atoms with Crippen molar-refractivity contribution in [1.82, 2.24) is 40.4 Å². The summed E-state index contributed by atoms with van der Waals surface area (Å²) in [5, 5.41) is 23.5. The first kappa shape index (κ1) is 55.1. The molecule has 73 heavy (non-hydrogen) atoms. The Kier molecular flexibility index (Phi) is 19.7. The highest BCUT2D eigenvalue weighted by molar-refractivity contribution is 7.17. The number of carbonyl (C=O) groups excluding carboxylic acids is 4. The first-order valence-corrected chi connectivity index (χ1v) is 26.9. The SMILES string of the molecule is Cc1nc(Nc2ncc(C(=O)Nc3c(C)cccc3Cl)s2)cc(N2CCN(CCCCCCOCCOCC(=O)NC(C(=O)N3C[C@H](O)C[C@H]3C(=O)NCc3ccc(-c4scnc4C)cc3)C(C)(C)C)CC2)n1. The molecule has 5 N–H and O–H groups in total. The van der Waals surface area contributed by atoms with Gasteiger partial charge in [-0.05, 0) is 68.3 Å². The Labute approximate surface area is 440 Å². The predicted molar refractivity (Wildman–Crippen MR) is 287 cm³/mol.